The summed E-state index contributed by atoms with van der Waals surface area (Å²) in [6.07, 6.45) is 4.78. The van der Waals surface area contributed by atoms with Crippen LogP contribution in [0.2, 0.25) is 0 Å². The second kappa shape index (κ2) is 9.87. The molecule has 0 radical (unpaired) electrons. The van der Waals surface area contributed by atoms with Crippen LogP contribution < -0.4 is 0 Å². The fourth-order valence-corrected chi connectivity index (χ4v) is 1.35. The Balaban J connectivity index is 4.47. The minimum Gasteiger partial charge on any atom is -0.463 e. The summed E-state index contributed by atoms with van der Waals surface area (Å²) in [7, 11) is 0. The van der Waals surface area contributed by atoms with Crippen LogP contribution in [-0.2, 0) is 19.1 Å². The fourth-order valence-electron chi connectivity index (χ4n) is 1.35. The quantitative estimate of drug-likeness (QED) is 0.373. The molecular weight excluding hydrogens is 220 g/mol. The van der Waals surface area contributed by atoms with Gasteiger partial charge in [0.25, 0.3) is 0 Å². The van der Waals surface area contributed by atoms with Crippen molar-refractivity contribution < 1.29 is 19.1 Å². The van der Waals surface area contributed by atoms with Crippen LogP contribution in [0.1, 0.15) is 46.5 Å². The first kappa shape index (κ1) is 15.7. The number of hydrogen-bond acceptors (Lipinski definition) is 4. The highest BCUT2D eigenvalue weighted by Crippen LogP contribution is 2.11. The molecule has 0 fully saturated rings. The van der Waals surface area contributed by atoms with E-state index in [4.69, 9.17) is 9.47 Å². The summed E-state index contributed by atoms with van der Waals surface area (Å²) >= 11 is 0. The molecule has 0 amide bonds. The molecule has 0 saturated carbocycles. The average Bonchev–Trinajstić information content (AvgIpc) is 2.28. The second-order valence-corrected chi connectivity index (χ2v) is 3.60. The van der Waals surface area contributed by atoms with Gasteiger partial charge in [-0.15, -0.1) is 0 Å². The van der Waals surface area contributed by atoms with Gasteiger partial charge in [0.2, 0.25) is 0 Å². The number of carbonyl (C=O) groups excluding carboxylic acids is 2. The number of unbranched alkanes of at least 4 members (excludes halogenated alkanes) is 2. The molecule has 4 nitrogen and oxygen atoms in total. The van der Waals surface area contributed by atoms with Crippen molar-refractivity contribution >= 4 is 11.9 Å². The van der Waals surface area contributed by atoms with Gasteiger partial charge in [-0.1, -0.05) is 19.8 Å². The largest absolute Gasteiger partial charge is 0.463 e. The van der Waals surface area contributed by atoms with Gasteiger partial charge in [0.1, 0.15) is 0 Å². The highest BCUT2D eigenvalue weighted by Gasteiger charge is 2.12. The Morgan fingerprint density at radius 3 is 2.18 bits per heavy atom. The lowest BCUT2D eigenvalue weighted by molar-refractivity contribution is -0.141. The third kappa shape index (κ3) is 7.55. The van der Waals surface area contributed by atoms with Crippen molar-refractivity contribution in [1.29, 1.82) is 0 Å². The average molecular weight is 242 g/mol. The van der Waals surface area contributed by atoms with Gasteiger partial charge in [0, 0.05) is 11.6 Å². The van der Waals surface area contributed by atoms with Gasteiger partial charge in [-0.3, -0.25) is 0 Å². The minimum atomic E-state index is -0.480. The van der Waals surface area contributed by atoms with E-state index < -0.39 is 11.9 Å². The third-order valence-electron chi connectivity index (χ3n) is 2.17. The molecule has 0 spiro atoms. The Morgan fingerprint density at radius 2 is 1.65 bits per heavy atom. The Morgan fingerprint density at radius 1 is 1.00 bits per heavy atom. The van der Waals surface area contributed by atoms with Gasteiger partial charge in [0.15, 0.2) is 0 Å². The Bertz CT molecular complexity index is 269. The zero-order valence-electron chi connectivity index (χ0n) is 11.0. The second-order valence-electron chi connectivity index (χ2n) is 3.60. The smallest absolute Gasteiger partial charge is 0.334 e. The molecular formula is C13H22O4. The van der Waals surface area contributed by atoms with E-state index in [1.807, 2.05) is 0 Å². The molecule has 0 rings (SSSR count). The lowest BCUT2D eigenvalue weighted by Gasteiger charge is -2.06. The van der Waals surface area contributed by atoms with Crippen molar-refractivity contribution in [1.82, 2.24) is 0 Å². The molecule has 0 heterocycles. The first-order valence-electron chi connectivity index (χ1n) is 6.20. The number of rotatable bonds is 8. The van der Waals surface area contributed by atoms with Gasteiger partial charge in [-0.05, 0) is 26.7 Å². The first-order chi connectivity index (χ1) is 8.15. The Labute approximate surface area is 103 Å². The molecule has 0 aliphatic rings. The maximum atomic E-state index is 11.6. The highest BCUT2D eigenvalue weighted by atomic mass is 16.5. The molecule has 98 valence electrons. The van der Waals surface area contributed by atoms with Gasteiger partial charge < -0.3 is 9.47 Å². The van der Waals surface area contributed by atoms with Crippen LogP contribution in [0.3, 0.4) is 0 Å². The molecule has 0 saturated heterocycles. The van der Waals surface area contributed by atoms with E-state index in [9.17, 15) is 9.59 Å². The van der Waals surface area contributed by atoms with E-state index >= 15 is 0 Å². The van der Waals surface area contributed by atoms with E-state index in [1.54, 1.807) is 13.8 Å². The summed E-state index contributed by atoms with van der Waals surface area (Å²) in [5.41, 5.74) is 0.402. The van der Waals surface area contributed by atoms with Crippen LogP contribution in [0.15, 0.2) is 11.6 Å². The van der Waals surface area contributed by atoms with E-state index in [0.717, 1.165) is 19.3 Å². The van der Waals surface area contributed by atoms with E-state index in [-0.39, 0.29) is 0 Å². The monoisotopic (exact) mass is 242 g/mol. The summed E-state index contributed by atoms with van der Waals surface area (Å²) < 4.78 is 9.68. The van der Waals surface area contributed by atoms with Crippen molar-refractivity contribution in [3.05, 3.63) is 11.6 Å². The molecule has 4 heteroatoms. The number of esters is 2. The highest BCUT2D eigenvalue weighted by molar-refractivity contribution is 5.96. The van der Waals surface area contributed by atoms with Crippen LogP contribution in [0, 0.1) is 0 Å². The molecule has 0 aliphatic carbocycles. The molecule has 0 aliphatic heterocycles. The summed E-state index contributed by atoms with van der Waals surface area (Å²) in [5.74, 6) is -0.899. The third-order valence-corrected chi connectivity index (χ3v) is 2.17. The zero-order valence-corrected chi connectivity index (χ0v) is 11.0. The van der Waals surface area contributed by atoms with Crippen LogP contribution in [0.4, 0.5) is 0 Å². The van der Waals surface area contributed by atoms with Crippen molar-refractivity contribution in [3.8, 4) is 0 Å². The summed E-state index contributed by atoms with van der Waals surface area (Å²) in [6.45, 7) is 6.17. The van der Waals surface area contributed by atoms with Crippen molar-refractivity contribution in [2.24, 2.45) is 0 Å². The molecule has 0 aromatic heterocycles. The van der Waals surface area contributed by atoms with Crippen molar-refractivity contribution in [3.63, 3.8) is 0 Å². The van der Waals surface area contributed by atoms with Crippen molar-refractivity contribution in [2.45, 2.75) is 46.5 Å². The van der Waals surface area contributed by atoms with Crippen molar-refractivity contribution in [2.75, 3.05) is 13.2 Å². The molecule has 0 unspecified atom stereocenters. The zero-order chi connectivity index (χ0) is 13.1. The molecule has 0 N–H and O–H groups in total. The van der Waals surface area contributed by atoms with Gasteiger partial charge in [-0.25, -0.2) is 9.59 Å². The predicted octanol–water partition coefficient (Wildman–Crippen LogP) is 2.62. The van der Waals surface area contributed by atoms with Crippen LogP contribution in [0.5, 0.6) is 0 Å². The topological polar surface area (TPSA) is 52.6 Å². The summed E-state index contributed by atoms with van der Waals surface area (Å²) in [4.78, 5) is 22.9. The molecule has 0 atom stereocenters. The van der Waals surface area contributed by atoms with Crippen LogP contribution in [-0.4, -0.2) is 25.2 Å². The van der Waals surface area contributed by atoms with Crippen LogP contribution in [0.25, 0.3) is 0 Å². The van der Waals surface area contributed by atoms with Crippen LogP contribution >= 0.6 is 0 Å². The lowest BCUT2D eigenvalue weighted by Crippen LogP contribution is -2.11. The summed E-state index contributed by atoms with van der Waals surface area (Å²) in [6, 6.07) is 0. The number of ether oxygens (including phenoxy) is 2. The number of hydrogen-bond donors (Lipinski definition) is 0. The number of carbonyl (C=O) groups is 2. The maximum Gasteiger partial charge on any atom is 0.334 e. The molecule has 0 aromatic carbocycles. The molecule has 0 aromatic rings. The SMILES string of the molecule is CCCCC/C(=C/C(=O)OCC)C(=O)OCC. The summed E-state index contributed by atoms with van der Waals surface area (Å²) in [5, 5.41) is 0. The first-order valence-corrected chi connectivity index (χ1v) is 6.20. The fraction of sp³-hybridized carbons (Fsp3) is 0.692. The maximum absolute atomic E-state index is 11.6. The van der Waals surface area contributed by atoms with Gasteiger partial charge >= 0.3 is 11.9 Å². The van der Waals surface area contributed by atoms with E-state index in [0.29, 0.717) is 25.2 Å². The molecule has 0 bridgehead atoms. The minimum absolute atomic E-state index is 0.306. The Kier molecular flexibility index (Phi) is 9.11. The van der Waals surface area contributed by atoms with E-state index in [2.05, 4.69) is 6.92 Å². The normalized spacial score (nSPS) is 11.1. The predicted molar refractivity (Wildman–Crippen MR) is 65.5 cm³/mol. The standard InChI is InChI=1S/C13H22O4/c1-4-7-8-9-11(13(15)17-6-3)10-12(14)16-5-2/h10H,4-9H2,1-3H3/b11-10-. The lowest BCUT2D eigenvalue weighted by atomic mass is 10.1. The van der Waals surface area contributed by atoms with E-state index in [1.165, 1.54) is 6.08 Å². The molecule has 17 heavy (non-hydrogen) atoms. The Hall–Kier alpha value is -1.32. The van der Waals surface area contributed by atoms with Gasteiger partial charge in [-0.2, -0.15) is 0 Å². The van der Waals surface area contributed by atoms with Gasteiger partial charge in [0.05, 0.1) is 13.2 Å².